The molecule has 0 bridgehead atoms. The van der Waals surface area contributed by atoms with Crippen molar-refractivity contribution in [2.24, 2.45) is 0 Å². The van der Waals surface area contributed by atoms with Crippen molar-refractivity contribution in [3.05, 3.63) is 0 Å². The molecule has 0 heterocycles. The third kappa shape index (κ3) is 49.9. The smallest absolute Gasteiger partial charge is 0.237 e. The minimum absolute atomic E-state index is 0.0174. The zero-order chi connectivity index (χ0) is 57.0. The SMILES string of the molecule is CC(C)(C)NCCCCC(NC(C)(C)C)C(=O)NCCOCCOCC(COCCOCCNC(=O)C(CCCCNC(C)(C)C)NC(C)(C)C)OCCOCCNC(=O)C(CCCCNC(C)(C)C)NC(C)(C)C. The lowest BCUT2D eigenvalue weighted by Gasteiger charge is -2.28. The summed E-state index contributed by atoms with van der Waals surface area (Å²) in [5.41, 5.74) is -0.355. The lowest BCUT2D eigenvalue weighted by molar-refractivity contribution is -0.125. The first kappa shape index (κ1) is 72.9. The maximum atomic E-state index is 13.2. The molecule has 0 saturated carbocycles. The molecule has 0 fully saturated rings. The van der Waals surface area contributed by atoms with Gasteiger partial charge in [-0.1, -0.05) is 19.3 Å². The molecule has 0 aliphatic heterocycles. The van der Waals surface area contributed by atoms with Crippen LogP contribution < -0.4 is 47.9 Å². The molecule has 0 aromatic carbocycles. The minimum atomic E-state index is -0.373. The molecule has 0 spiro atoms. The molecule has 3 unspecified atom stereocenters. The Labute approximate surface area is 458 Å². The summed E-state index contributed by atoms with van der Waals surface area (Å²) in [6.07, 6.45) is 7.72. The zero-order valence-corrected chi connectivity index (χ0v) is 51.4. The summed E-state index contributed by atoms with van der Waals surface area (Å²) in [6.45, 7) is 45.7. The highest BCUT2D eigenvalue weighted by molar-refractivity contribution is 5.82. The Morgan fingerprint density at radius 1 is 0.320 bits per heavy atom. The average molecular weight is 1070 g/mol. The second-order valence-electron chi connectivity index (χ2n) is 26.2. The van der Waals surface area contributed by atoms with Gasteiger partial charge in [-0.15, -0.1) is 0 Å². The number of amides is 3. The third-order valence-electron chi connectivity index (χ3n) is 11.1. The molecule has 3 atom stereocenters. The van der Waals surface area contributed by atoms with Crippen LogP contribution in [0.3, 0.4) is 0 Å². The normalized spacial score (nSPS) is 14.6. The highest BCUT2D eigenvalue weighted by Gasteiger charge is 2.26. The van der Waals surface area contributed by atoms with Gasteiger partial charge < -0.3 is 76.3 Å². The van der Waals surface area contributed by atoms with Crippen molar-refractivity contribution >= 4 is 17.7 Å². The van der Waals surface area contributed by atoms with E-state index in [4.69, 9.17) is 28.4 Å². The number of carbonyl (C=O) groups excluding carboxylic acids is 3. The minimum Gasteiger partial charge on any atom is -0.377 e. The highest BCUT2D eigenvalue weighted by Crippen LogP contribution is 2.12. The summed E-state index contributed by atoms with van der Waals surface area (Å²) >= 11 is 0. The largest absolute Gasteiger partial charge is 0.377 e. The molecule has 0 radical (unpaired) electrons. The van der Waals surface area contributed by atoms with Crippen molar-refractivity contribution in [3.63, 3.8) is 0 Å². The average Bonchev–Trinajstić information content (AvgIpc) is 3.25. The summed E-state index contributed by atoms with van der Waals surface area (Å²) in [5, 5.41) is 30.1. The van der Waals surface area contributed by atoms with Gasteiger partial charge in [0.15, 0.2) is 0 Å². The lowest BCUT2D eigenvalue weighted by Crippen LogP contribution is -2.52. The number of hydrogen-bond acceptors (Lipinski definition) is 15. The molecular formula is C57H119N9O9. The van der Waals surface area contributed by atoms with E-state index in [0.29, 0.717) is 79.1 Å². The zero-order valence-electron chi connectivity index (χ0n) is 51.4. The number of rotatable bonds is 44. The van der Waals surface area contributed by atoms with Crippen LogP contribution in [-0.2, 0) is 42.8 Å². The fourth-order valence-corrected chi connectivity index (χ4v) is 7.68. The molecule has 0 aromatic heterocycles. The molecule has 0 rings (SSSR count). The van der Waals surface area contributed by atoms with E-state index in [-0.39, 0.29) is 88.4 Å². The molecule has 0 saturated heterocycles. The highest BCUT2D eigenvalue weighted by atomic mass is 16.6. The van der Waals surface area contributed by atoms with Gasteiger partial charge in [-0.25, -0.2) is 0 Å². The first-order valence-corrected chi connectivity index (χ1v) is 28.7. The van der Waals surface area contributed by atoms with Crippen molar-refractivity contribution in [2.75, 3.05) is 112 Å². The van der Waals surface area contributed by atoms with Gasteiger partial charge in [-0.3, -0.25) is 14.4 Å². The predicted octanol–water partition coefficient (Wildman–Crippen LogP) is 5.75. The second-order valence-corrected chi connectivity index (χ2v) is 26.2. The molecule has 75 heavy (non-hydrogen) atoms. The number of ether oxygens (including phenoxy) is 6. The van der Waals surface area contributed by atoms with Crippen molar-refractivity contribution in [2.45, 2.75) is 240 Å². The number of hydrogen-bond donors (Lipinski definition) is 9. The molecule has 446 valence electrons. The van der Waals surface area contributed by atoms with E-state index >= 15 is 0 Å². The fraction of sp³-hybridized carbons (Fsp3) is 0.947. The van der Waals surface area contributed by atoms with Gasteiger partial charge in [0, 0.05) is 52.9 Å². The van der Waals surface area contributed by atoms with E-state index in [0.717, 1.165) is 77.4 Å². The second kappa shape index (κ2) is 39.3. The predicted molar refractivity (Wildman–Crippen MR) is 308 cm³/mol. The van der Waals surface area contributed by atoms with Crippen LogP contribution in [-0.4, -0.2) is 187 Å². The first-order valence-electron chi connectivity index (χ1n) is 28.7. The Kier molecular flexibility index (Phi) is 38.2. The van der Waals surface area contributed by atoms with Crippen LogP contribution in [0.15, 0.2) is 0 Å². The van der Waals surface area contributed by atoms with Crippen LogP contribution >= 0.6 is 0 Å². The van der Waals surface area contributed by atoms with E-state index in [2.05, 4.69) is 172 Å². The lowest BCUT2D eigenvalue weighted by atomic mass is 10.0. The quantitative estimate of drug-likeness (QED) is 0.0333. The molecule has 18 nitrogen and oxygen atoms in total. The van der Waals surface area contributed by atoms with Crippen LogP contribution in [0.25, 0.3) is 0 Å². The molecule has 3 amide bonds. The summed E-state index contributed by atoms with van der Waals surface area (Å²) in [5.74, 6) is -0.0565. The topological polar surface area (TPSA) is 215 Å². The Morgan fingerprint density at radius 2 is 0.587 bits per heavy atom. The van der Waals surface area contributed by atoms with Gasteiger partial charge >= 0.3 is 0 Å². The summed E-state index contributed by atoms with van der Waals surface area (Å²) in [7, 11) is 0. The molecule has 0 aliphatic rings. The number of unbranched alkanes of at least 4 members (excludes halogenated alkanes) is 3. The van der Waals surface area contributed by atoms with Crippen LogP contribution in [0.5, 0.6) is 0 Å². The van der Waals surface area contributed by atoms with Gasteiger partial charge in [-0.2, -0.15) is 0 Å². The van der Waals surface area contributed by atoms with Crippen LogP contribution in [0.2, 0.25) is 0 Å². The van der Waals surface area contributed by atoms with Crippen LogP contribution in [0.4, 0.5) is 0 Å². The van der Waals surface area contributed by atoms with Gasteiger partial charge in [0.2, 0.25) is 17.7 Å². The van der Waals surface area contributed by atoms with Crippen molar-refractivity contribution in [1.82, 2.24) is 47.9 Å². The molecule has 9 N–H and O–H groups in total. The molecular weight excluding hydrogens is 955 g/mol. The Balaban J connectivity index is 5.05. The standard InChI is InChI=1S/C57H119N9O9/c1-52(2,3)61-28-22-19-25-46(64-55(10,11)12)49(67)58-31-34-70-37-39-73-43-45(75-42-41-72-36-33-60-51(69)48(66-57(16,17)18)27-21-24-30-63-54(7,8)9)44-74-40-38-71-35-32-59-50(68)47(65-56(13,14)15)26-20-23-29-62-53(4,5)6/h45-48,61-66H,19-44H2,1-18H3,(H,58,67)(H,59,68)(H,60,69). The number of nitrogens with one attached hydrogen (secondary N) is 9. The molecule has 0 aliphatic carbocycles. The van der Waals surface area contributed by atoms with E-state index in [1.165, 1.54) is 0 Å². The van der Waals surface area contributed by atoms with Crippen LogP contribution in [0.1, 0.15) is 182 Å². The Bertz CT molecular complexity index is 1380. The van der Waals surface area contributed by atoms with E-state index < -0.39 is 0 Å². The molecule has 18 heteroatoms. The van der Waals surface area contributed by atoms with Gasteiger partial charge in [0.05, 0.1) is 90.8 Å². The fourth-order valence-electron chi connectivity index (χ4n) is 7.68. The van der Waals surface area contributed by atoms with E-state index in [9.17, 15) is 14.4 Å². The van der Waals surface area contributed by atoms with Gasteiger partial charge in [0.1, 0.15) is 6.10 Å². The Morgan fingerprint density at radius 3 is 0.853 bits per heavy atom. The van der Waals surface area contributed by atoms with Crippen molar-refractivity contribution in [3.8, 4) is 0 Å². The summed E-state index contributed by atoms with van der Waals surface area (Å²) in [6, 6.07) is -0.844. The monoisotopic (exact) mass is 1070 g/mol. The van der Waals surface area contributed by atoms with Crippen LogP contribution in [0, 0.1) is 0 Å². The van der Waals surface area contributed by atoms with E-state index in [1.807, 2.05) is 0 Å². The first-order chi connectivity index (χ1) is 34.8. The summed E-state index contributed by atoms with van der Waals surface area (Å²) < 4.78 is 35.5. The van der Waals surface area contributed by atoms with Crippen molar-refractivity contribution < 1.29 is 42.8 Å². The number of carbonyl (C=O) groups is 3. The van der Waals surface area contributed by atoms with Gasteiger partial charge in [-0.05, 0) is 183 Å². The van der Waals surface area contributed by atoms with E-state index in [1.54, 1.807) is 0 Å². The van der Waals surface area contributed by atoms with Gasteiger partial charge in [0.25, 0.3) is 0 Å². The maximum Gasteiger partial charge on any atom is 0.237 e. The Hall–Kier alpha value is -2.07. The summed E-state index contributed by atoms with van der Waals surface area (Å²) in [4.78, 5) is 39.5. The van der Waals surface area contributed by atoms with Crippen molar-refractivity contribution in [1.29, 1.82) is 0 Å². The molecule has 0 aromatic rings. The maximum absolute atomic E-state index is 13.2. The third-order valence-corrected chi connectivity index (χ3v) is 11.1.